The molecule has 0 aliphatic heterocycles. The normalized spacial score (nSPS) is 10.7. The molecule has 0 aliphatic carbocycles. The predicted octanol–water partition coefficient (Wildman–Crippen LogP) is 5.38. The fourth-order valence-corrected chi connectivity index (χ4v) is 2.49. The Kier molecular flexibility index (Phi) is 4.10. The molecule has 5 heteroatoms. The van der Waals surface area contributed by atoms with E-state index in [0.29, 0.717) is 10.8 Å². The monoisotopic (exact) mass is 332 g/mol. The quantitative estimate of drug-likeness (QED) is 0.644. The summed E-state index contributed by atoms with van der Waals surface area (Å²) >= 11 is 11.9. The minimum Gasteiger partial charge on any atom is -0.427 e. The first-order valence-corrected chi connectivity index (χ1v) is 7.50. The number of hydrogen-bond donors (Lipinski definition) is 0. The lowest BCUT2D eigenvalue weighted by atomic mass is 10.1. The summed E-state index contributed by atoms with van der Waals surface area (Å²) in [5.41, 5.74) is 3.67. The van der Waals surface area contributed by atoms with Crippen molar-refractivity contribution in [1.29, 1.82) is 0 Å². The number of rotatable bonds is 3. The van der Waals surface area contributed by atoms with Crippen molar-refractivity contribution in [3.63, 3.8) is 0 Å². The summed E-state index contributed by atoms with van der Waals surface area (Å²) in [6, 6.07) is 15.5. The fraction of sp³-hybridized carbons (Fsp3) is 0.118. The molecule has 1 aromatic heterocycles. The van der Waals surface area contributed by atoms with Crippen LogP contribution in [0.3, 0.4) is 0 Å². The van der Waals surface area contributed by atoms with Crippen LogP contribution in [-0.4, -0.2) is 19.1 Å². The summed E-state index contributed by atoms with van der Waals surface area (Å²) in [4.78, 5) is 6.35. The lowest BCUT2D eigenvalue weighted by Gasteiger charge is -2.12. The average Bonchev–Trinajstić information content (AvgIpc) is 2.90. The Morgan fingerprint density at radius 2 is 1.45 bits per heavy atom. The Bertz CT molecular complexity index is 777. The van der Waals surface area contributed by atoms with Crippen LogP contribution in [-0.2, 0) is 0 Å². The first-order chi connectivity index (χ1) is 10.5. The van der Waals surface area contributed by atoms with Crippen LogP contribution < -0.4 is 4.90 Å². The minimum atomic E-state index is 0.122. The predicted molar refractivity (Wildman–Crippen MR) is 91.7 cm³/mol. The Hall–Kier alpha value is -1.97. The van der Waals surface area contributed by atoms with Gasteiger partial charge >= 0.3 is 0 Å². The molecule has 22 heavy (non-hydrogen) atoms. The van der Waals surface area contributed by atoms with Crippen molar-refractivity contribution in [2.75, 3.05) is 19.0 Å². The van der Waals surface area contributed by atoms with E-state index in [0.717, 1.165) is 22.5 Å². The van der Waals surface area contributed by atoms with Gasteiger partial charge in [0.15, 0.2) is 5.76 Å². The highest BCUT2D eigenvalue weighted by atomic mass is 35.5. The van der Waals surface area contributed by atoms with Crippen molar-refractivity contribution in [2.24, 2.45) is 0 Å². The van der Waals surface area contributed by atoms with Crippen molar-refractivity contribution in [2.45, 2.75) is 0 Å². The summed E-state index contributed by atoms with van der Waals surface area (Å²) in [6.45, 7) is 0. The van der Waals surface area contributed by atoms with Crippen LogP contribution in [0.15, 0.2) is 52.9 Å². The van der Waals surface area contributed by atoms with Crippen molar-refractivity contribution in [3.8, 4) is 22.6 Å². The van der Waals surface area contributed by atoms with E-state index in [1.807, 2.05) is 67.5 Å². The van der Waals surface area contributed by atoms with Crippen LogP contribution in [0.4, 0.5) is 5.69 Å². The van der Waals surface area contributed by atoms with E-state index < -0.39 is 0 Å². The number of anilines is 1. The number of aromatic nitrogens is 1. The molecular weight excluding hydrogens is 319 g/mol. The van der Waals surface area contributed by atoms with Gasteiger partial charge in [-0.1, -0.05) is 23.7 Å². The summed E-state index contributed by atoms with van der Waals surface area (Å²) in [7, 11) is 4.00. The number of nitrogens with zero attached hydrogens (tertiary/aromatic N) is 2. The van der Waals surface area contributed by atoms with E-state index >= 15 is 0 Å². The second-order valence-electron chi connectivity index (χ2n) is 5.09. The maximum absolute atomic E-state index is 5.97. The third-order valence-corrected chi connectivity index (χ3v) is 3.78. The van der Waals surface area contributed by atoms with E-state index in [9.17, 15) is 0 Å². The molecule has 0 amide bonds. The molecule has 0 unspecified atom stereocenters. The SMILES string of the molecule is CN(C)c1ccc(-c2nc(Cl)oc2-c2ccc(Cl)cc2)cc1. The maximum atomic E-state index is 5.97. The van der Waals surface area contributed by atoms with Gasteiger partial charge in [0.05, 0.1) is 0 Å². The van der Waals surface area contributed by atoms with Gasteiger partial charge < -0.3 is 9.32 Å². The Balaban J connectivity index is 2.06. The summed E-state index contributed by atoms with van der Waals surface area (Å²) in [5, 5.41) is 0.794. The van der Waals surface area contributed by atoms with Gasteiger partial charge in [-0.2, -0.15) is 4.98 Å². The first kappa shape index (κ1) is 14.9. The Labute approximate surface area is 139 Å². The summed E-state index contributed by atoms with van der Waals surface area (Å²) < 4.78 is 5.57. The molecule has 3 rings (SSSR count). The van der Waals surface area contributed by atoms with Gasteiger partial charge in [0.2, 0.25) is 0 Å². The van der Waals surface area contributed by atoms with Gasteiger partial charge in [0.1, 0.15) is 5.69 Å². The smallest absolute Gasteiger partial charge is 0.293 e. The van der Waals surface area contributed by atoms with Crippen LogP contribution in [0.1, 0.15) is 0 Å². The topological polar surface area (TPSA) is 29.3 Å². The number of halogens is 2. The number of hydrogen-bond acceptors (Lipinski definition) is 3. The highest BCUT2D eigenvalue weighted by Gasteiger charge is 2.16. The van der Waals surface area contributed by atoms with Crippen LogP contribution >= 0.6 is 23.2 Å². The molecule has 0 bridgehead atoms. The molecule has 0 radical (unpaired) electrons. The zero-order chi connectivity index (χ0) is 15.7. The molecule has 0 saturated heterocycles. The second-order valence-corrected chi connectivity index (χ2v) is 5.85. The fourth-order valence-electron chi connectivity index (χ4n) is 2.20. The van der Waals surface area contributed by atoms with Gasteiger partial charge in [-0.25, -0.2) is 0 Å². The molecule has 2 aromatic carbocycles. The van der Waals surface area contributed by atoms with E-state index in [4.69, 9.17) is 27.6 Å². The standard InChI is InChI=1S/C17H14Cl2N2O/c1-21(2)14-9-5-11(6-10-14)15-16(22-17(19)20-15)12-3-7-13(18)8-4-12/h3-10H,1-2H3. The molecular formula is C17H14Cl2N2O. The molecule has 3 aromatic rings. The molecule has 0 aliphatic rings. The van der Waals surface area contributed by atoms with E-state index in [1.165, 1.54) is 0 Å². The van der Waals surface area contributed by atoms with Crippen LogP contribution in [0.2, 0.25) is 10.4 Å². The summed E-state index contributed by atoms with van der Waals surface area (Å²) in [5.74, 6) is 0.638. The van der Waals surface area contributed by atoms with Gasteiger partial charge in [-0.15, -0.1) is 0 Å². The van der Waals surface area contributed by atoms with Crippen molar-refractivity contribution in [3.05, 3.63) is 58.9 Å². The van der Waals surface area contributed by atoms with Gasteiger partial charge in [0.25, 0.3) is 5.35 Å². The third-order valence-electron chi connectivity index (χ3n) is 3.36. The largest absolute Gasteiger partial charge is 0.427 e. The molecule has 3 nitrogen and oxygen atoms in total. The van der Waals surface area contributed by atoms with Gasteiger partial charge in [-0.3, -0.25) is 0 Å². The number of benzene rings is 2. The van der Waals surface area contributed by atoms with Crippen molar-refractivity contribution >= 4 is 28.9 Å². The lowest BCUT2D eigenvalue weighted by molar-refractivity contribution is 0.574. The molecule has 1 heterocycles. The van der Waals surface area contributed by atoms with Crippen LogP contribution in [0, 0.1) is 0 Å². The Morgan fingerprint density at radius 3 is 2.05 bits per heavy atom. The lowest BCUT2D eigenvalue weighted by Crippen LogP contribution is -2.07. The van der Waals surface area contributed by atoms with Crippen molar-refractivity contribution in [1.82, 2.24) is 4.98 Å². The second kappa shape index (κ2) is 6.03. The minimum absolute atomic E-state index is 0.122. The highest BCUT2D eigenvalue weighted by Crippen LogP contribution is 2.35. The van der Waals surface area contributed by atoms with Gasteiger partial charge in [0, 0.05) is 35.9 Å². The maximum Gasteiger partial charge on any atom is 0.293 e. The number of oxazole rings is 1. The third kappa shape index (κ3) is 2.96. The van der Waals surface area contributed by atoms with Crippen LogP contribution in [0.5, 0.6) is 0 Å². The Morgan fingerprint density at radius 1 is 0.864 bits per heavy atom. The van der Waals surface area contributed by atoms with E-state index in [2.05, 4.69) is 4.98 Å². The molecule has 0 atom stereocenters. The van der Waals surface area contributed by atoms with E-state index in [-0.39, 0.29) is 5.35 Å². The molecule has 0 N–H and O–H groups in total. The molecule has 112 valence electrons. The van der Waals surface area contributed by atoms with Gasteiger partial charge in [-0.05, 0) is 48.0 Å². The van der Waals surface area contributed by atoms with Crippen LogP contribution in [0.25, 0.3) is 22.6 Å². The zero-order valence-electron chi connectivity index (χ0n) is 12.2. The highest BCUT2D eigenvalue weighted by molar-refractivity contribution is 6.30. The van der Waals surface area contributed by atoms with E-state index in [1.54, 1.807) is 0 Å². The average molecular weight is 333 g/mol. The first-order valence-electron chi connectivity index (χ1n) is 6.74. The molecule has 0 spiro atoms. The molecule has 0 fully saturated rings. The van der Waals surface area contributed by atoms with Crippen molar-refractivity contribution < 1.29 is 4.42 Å². The zero-order valence-corrected chi connectivity index (χ0v) is 13.7. The summed E-state index contributed by atoms with van der Waals surface area (Å²) in [6.07, 6.45) is 0. The molecule has 0 saturated carbocycles.